The summed E-state index contributed by atoms with van der Waals surface area (Å²) in [4.78, 5) is 10.7. The van der Waals surface area contributed by atoms with E-state index in [0.29, 0.717) is 5.56 Å². The van der Waals surface area contributed by atoms with Crippen LogP contribution < -0.4 is 0 Å². The van der Waals surface area contributed by atoms with Gasteiger partial charge >= 0.3 is 5.97 Å². The molecular formula is C12H15O2. The van der Waals surface area contributed by atoms with E-state index in [-0.39, 0.29) is 0 Å². The second-order valence-corrected chi connectivity index (χ2v) is 3.24. The van der Waals surface area contributed by atoms with E-state index in [9.17, 15) is 4.79 Å². The minimum Gasteiger partial charge on any atom is -0.478 e. The third-order valence-electron chi connectivity index (χ3n) is 2.10. The van der Waals surface area contributed by atoms with Crippen molar-refractivity contribution < 1.29 is 9.90 Å². The molecule has 2 nitrogen and oxygen atoms in total. The van der Waals surface area contributed by atoms with Crippen molar-refractivity contribution in [1.82, 2.24) is 0 Å². The van der Waals surface area contributed by atoms with E-state index in [4.69, 9.17) is 5.11 Å². The fraction of sp³-hybridized carbons (Fsp3) is 0.333. The molecule has 0 bridgehead atoms. The van der Waals surface area contributed by atoms with Crippen molar-refractivity contribution in [2.75, 3.05) is 0 Å². The highest BCUT2D eigenvalue weighted by Gasteiger charge is 2.02. The predicted octanol–water partition coefficient (Wildman–Crippen LogP) is 2.93. The molecule has 75 valence electrons. The number of hydrogen-bond acceptors (Lipinski definition) is 1. The Kier molecular flexibility index (Phi) is 4.17. The number of carbonyl (C=O) groups is 1. The molecule has 14 heavy (non-hydrogen) atoms. The van der Waals surface area contributed by atoms with Gasteiger partial charge in [0.1, 0.15) is 0 Å². The minimum absolute atomic E-state index is 0.374. The summed E-state index contributed by atoms with van der Waals surface area (Å²) in [6, 6.07) is 7.13. The maximum absolute atomic E-state index is 10.7. The van der Waals surface area contributed by atoms with Gasteiger partial charge in [-0.2, -0.15) is 0 Å². The van der Waals surface area contributed by atoms with E-state index in [0.717, 1.165) is 24.8 Å². The third-order valence-corrected chi connectivity index (χ3v) is 2.10. The van der Waals surface area contributed by atoms with Crippen LogP contribution in [-0.4, -0.2) is 11.1 Å². The Morgan fingerprint density at radius 3 is 2.93 bits per heavy atom. The summed E-state index contributed by atoms with van der Waals surface area (Å²) in [5.74, 6) is -0.855. The van der Waals surface area contributed by atoms with Gasteiger partial charge in [-0.05, 0) is 37.0 Å². The van der Waals surface area contributed by atoms with Crippen LogP contribution in [0.1, 0.15) is 35.7 Å². The maximum atomic E-state index is 10.7. The molecular weight excluding hydrogens is 176 g/mol. The molecule has 0 aliphatic rings. The van der Waals surface area contributed by atoms with Crippen molar-refractivity contribution >= 4 is 5.97 Å². The van der Waals surface area contributed by atoms with Crippen LogP contribution in [0, 0.1) is 6.42 Å². The van der Waals surface area contributed by atoms with Crippen molar-refractivity contribution in [3.8, 4) is 0 Å². The first kappa shape index (κ1) is 10.8. The van der Waals surface area contributed by atoms with E-state index in [1.165, 1.54) is 0 Å². The van der Waals surface area contributed by atoms with Gasteiger partial charge in [-0.25, -0.2) is 4.79 Å². The average Bonchev–Trinajstić information content (AvgIpc) is 2.19. The lowest BCUT2D eigenvalue weighted by molar-refractivity contribution is 0.0697. The molecule has 1 rings (SSSR count). The normalized spacial score (nSPS) is 10.1. The van der Waals surface area contributed by atoms with Crippen molar-refractivity contribution in [2.45, 2.75) is 26.2 Å². The Balaban J connectivity index is 2.59. The molecule has 0 saturated carbocycles. The van der Waals surface area contributed by atoms with Crippen LogP contribution in [0.15, 0.2) is 24.3 Å². The number of carboxylic acids is 1. The lowest BCUT2D eigenvalue weighted by Crippen LogP contribution is -1.97. The Bertz CT molecular complexity index is 305. The number of aromatic carboxylic acids is 1. The van der Waals surface area contributed by atoms with Gasteiger partial charge in [0.15, 0.2) is 0 Å². The monoisotopic (exact) mass is 191 g/mol. The van der Waals surface area contributed by atoms with Crippen molar-refractivity contribution in [3.05, 3.63) is 41.8 Å². The summed E-state index contributed by atoms with van der Waals surface area (Å²) in [7, 11) is 0. The van der Waals surface area contributed by atoms with E-state index in [1.54, 1.807) is 18.2 Å². The molecule has 0 fully saturated rings. The van der Waals surface area contributed by atoms with E-state index in [2.05, 4.69) is 13.3 Å². The number of benzene rings is 1. The number of unbranched alkanes of at least 4 members (excludes halogenated alkanes) is 2. The van der Waals surface area contributed by atoms with Gasteiger partial charge in [-0.1, -0.05) is 25.5 Å². The zero-order chi connectivity index (χ0) is 10.4. The molecule has 1 N–H and O–H groups in total. The van der Waals surface area contributed by atoms with Crippen molar-refractivity contribution in [2.24, 2.45) is 0 Å². The quantitative estimate of drug-likeness (QED) is 0.726. The fourth-order valence-corrected chi connectivity index (χ4v) is 1.33. The second-order valence-electron chi connectivity index (χ2n) is 3.24. The first-order valence-electron chi connectivity index (χ1n) is 4.88. The predicted molar refractivity (Wildman–Crippen MR) is 56.3 cm³/mol. The van der Waals surface area contributed by atoms with Gasteiger partial charge in [0.05, 0.1) is 5.56 Å². The Hall–Kier alpha value is -1.31. The summed E-state index contributed by atoms with van der Waals surface area (Å²) in [6.07, 6.45) is 5.21. The average molecular weight is 191 g/mol. The summed E-state index contributed by atoms with van der Waals surface area (Å²) in [5.41, 5.74) is 1.47. The zero-order valence-corrected chi connectivity index (χ0v) is 8.36. The van der Waals surface area contributed by atoms with Gasteiger partial charge in [-0.3, -0.25) is 0 Å². The SMILES string of the molecule is CC[CH]CCc1cccc(C(=O)O)c1. The molecule has 2 heteroatoms. The zero-order valence-electron chi connectivity index (χ0n) is 8.36. The first-order valence-corrected chi connectivity index (χ1v) is 4.88. The van der Waals surface area contributed by atoms with E-state index < -0.39 is 5.97 Å². The molecule has 0 spiro atoms. The molecule has 0 aliphatic heterocycles. The van der Waals surface area contributed by atoms with Crippen LogP contribution >= 0.6 is 0 Å². The summed E-state index contributed by atoms with van der Waals surface area (Å²) in [5, 5.41) is 8.77. The number of carboxylic acid groups (broad SMARTS) is 1. The number of rotatable bonds is 5. The van der Waals surface area contributed by atoms with Crippen LogP contribution in [0.25, 0.3) is 0 Å². The highest BCUT2D eigenvalue weighted by molar-refractivity contribution is 5.87. The van der Waals surface area contributed by atoms with E-state index in [1.807, 2.05) is 6.07 Å². The molecule has 0 atom stereocenters. The molecule has 0 aliphatic carbocycles. The van der Waals surface area contributed by atoms with Gasteiger partial charge in [0.2, 0.25) is 0 Å². The van der Waals surface area contributed by atoms with Gasteiger partial charge < -0.3 is 5.11 Å². The van der Waals surface area contributed by atoms with Crippen LogP contribution in [0.4, 0.5) is 0 Å². The molecule has 0 heterocycles. The van der Waals surface area contributed by atoms with Gasteiger partial charge in [0.25, 0.3) is 0 Å². The van der Waals surface area contributed by atoms with Crippen molar-refractivity contribution in [1.29, 1.82) is 0 Å². The lowest BCUT2D eigenvalue weighted by Gasteiger charge is -2.01. The minimum atomic E-state index is -0.855. The number of hydrogen-bond donors (Lipinski definition) is 1. The molecule has 0 unspecified atom stereocenters. The highest BCUT2D eigenvalue weighted by Crippen LogP contribution is 2.09. The third kappa shape index (κ3) is 3.21. The Labute approximate surface area is 84.6 Å². The molecule has 0 saturated heterocycles. The second kappa shape index (κ2) is 5.43. The van der Waals surface area contributed by atoms with E-state index >= 15 is 0 Å². The van der Waals surface area contributed by atoms with Crippen LogP contribution in [0.5, 0.6) is 0 Å². The number of aryl methyl sites for hydroxylation is 1. The van der Waals surface area contributed by atoms with Crippen LogP contribution in [0.2, 0.25) is 0 Å². The topological polar surface area (TPSA) is 37.3 Å². The highest BCUT2D eigenvalue weighted by atomic mass is 16.4. The van der Waals surface area contributed by atoms with Gasteiger partial charge in [0, 0.05) is 0 Å². The Morgan fingerprint density at radius 1 is 1.50 bits per heavy atom. The summed E-state index contributed by atoms with van der Waals surface area (Å²) in [6.45, 7) is 2.10. The summed E-state index contributed by atoms with van der Waals surface area (Å²) >= 11 is 0. The maximum Gasteiger partial charge on any atom is 0.335 e. The summed E-state index contributed by atoms with van der Waals surface area (Å²) < 4.78 is 0. The fourth-order valence-electron chi connectivity index (χ4n) is 1.33. The van der Waals surface area contributed by atoms with Gasteiger partial charge in [-0.15, -0.1) is 0 Å². The molecule has 1 radical (unpaired) electrons. The molecule has 1 aromatic rings. The lowest BCUT2D eigenvalue weighted by atomic mass is 10.0. The first-order chi connectivity index (χ1) is 6.74. The Morgan fingerprint density at radius 2 is 2.29 bits per heavy atom. The largest absolute Gasteiger partial charge is 0.478 e. The van der Waals surface area contributed by atoms with Crippen molar-refractivity contribution in [3.63, 3.8) is 0 Å². The molecule has 0 aromatic heterocycles. The standard InChI is InChI=1S/C12H15O2/c1-2-3-4-6-10-7-5-8-11(9-10)12(13)14/h3,5,7-9H,2,4,6H2,1H3,(H,13,14). The molecule has 0 amide bonds. The smallest absolute Gasteiger partial charge is 0.335 e. The molecule has 1 aromatic carbocycles. The van der Waals surface area contributed by atoms with Crippen LogP contribution in [0.3, 0.4) is 0 Å². The van der Waals surface area contributed by atoms with Crippen LogP contribution in [-0.2, 0) is 6.42 Å².